The highest BCUT2D eigenvalue weighted by molar-refractivity contribution is 6.06. The van der Waals surface area contributed by atoms with E-state index in [9.17, 15) is 9.59 Å². The molecule has 3 rings (SSSR count). The van der Waals surface area contributed by atoms with Crippen molar-refractivity contribution in [3.8, 4) is 5.75 Å². The predicted molar refractivity (Wildman–Crippen MR) is 82.4 cm³/mol. The molecule has 0 unspecified atom stereocenters. The summed E-state index contributed by atoms with van der Waals surface area (Å²) in [5.41, 5.74) is 1.87. The first-order valence-electron chi connectivity index (χ1n) is 6.83. The van der Waals surface area contributed by atoms with Crippen molar-refractivity contribution in [3.63, 3.8) is 0 Å². The minimum atomic E-state index is -0.547. The molecule has 0 radical (unpaired) electrons. The summed E-state index contributed by atoms with van der Waals surface area (Å²) in [4.78, 5) is 26.0. The van der Waals surface area contributed by atoms with Gasteiger partial charge < -0.3 is 14.5 Å². The summed E-state index contributed by atoms with van der Waals surface area (Å²) in [6.07, 6.45) is 0. The maximum Gasteiger partial charge on any atom is 0.417 e. The lowest BCUT2D eigenvalue weighted by Crippen LogP contribution is -2.12. The molecule has 0 atom stereocenters. The Labute approximate surface area is 125 Å². The fraction of sp³-hybridized carbons (Fsp3) is 0.125. The smallest absolute Gasteiger partial charge is 0.417 e. The van der Waals surface area contributed by atoms with Crippen molar-refractivity contribution >= 4 is 22.7 Å². The van der Waals surface area contributed by atoms with Gasteiger partial charge in [0.1, 0.15) is 5.75 Å². The van der Waals surface area contributed by atoms with Gasteiger partial charge in [-0.3, -0.25) is 9.78 Å². The zero-order chi connectivity index (χ0) is 15.5. The Hall–Kier alpha value is -3.02. The second-order valence-electron chi connectivity index (χ2n) is 4.61. The van der Waals surface area contributed by atoms with Gasteiger partial charge in [0.2, 0.25) is 0 Å². The lowest BCUT2D eigenvalue weighted by molar-refractivity contribution is 0.102. The Balaban J connectivity index is 1.88. The van der Waals surface area contributed by atoms with E-state index in [1.54, 1.807) is 24.3 Å². The van der Waals surface area contributed by atoms with Crippen molar-refractivity contribution < 1.29 is 13.9 Å². The highest BCUT2D eigenvalue weighted by Gasteiger charge is 2.11. The number of carbonyl (C=O) groups is 1. The molecule has 6 nitrogen and oxygen atoms in total. The molecule has 0 spiro atoms. The van der Waals surface area contributed by atoms with E-state index in [1.807, 2.05) is 19.1 Å². The Morgan fingerprint density at radius 3 is 2.91 bits per heavy atom. The van der Waals surface area contributed by atoms with E-state index >= 15 is 0 Å². The molecule has 0 aliphatic carbocycles. The highest BCUT2D eigenvalue weighted by Crippen LogP contribution is 2.24. The highest BCUT2D eigenvalue weighted by atomic mass is 16.5. The first kappa shape index (κ1) is 13.9. The summed E-state index contributed by atoms with van der Waals surface area (Å²) >= 11 is 0. The van der Waals surface area contributed by atoms with Crippen LogP contribution >= 0.6 is 0 Å². The summed E-state index contributed by atoms with van der Waals surface area (Å²) < 4.78 is 10.4. The van der Waals surface area contributed by atoms with Gasteiger partial charge in [-0.05, 0) is 37.3 Å². The second-order valence-corrected chi connectivity index (χ2v) is 4.61. The summed E-state index contributed by atoms with van der Waals surface area (Å²) in [5.74, 6) is -0.250. The maximum atomic E-state index is 12.3. The standard InChI is InChI=1S/C16H14N2O4/c1-2-21-13-6-4-3-5-11(13)17-15(19)10-7-8-12-14(9-10)22-16(20)18-12/h3-9H,2H2,1H3,(H,17,19)(H,18,20). The number of hydrogen-bond donors (Lipinski definition) is 2. The van der Waals surface area contributed by atoms with E-state index in [4.69, 9.17) is 9.15 Å². The van der Waals surface area contributed by atoms with Gasteiger partial charge >= 0.3 is 5.76 Å². The molecular weight excluding hydrogens is 284 g/mol. The van der Waals surface area contributed by atoms with Crippen LogP contribution in [0, 0.1) is 0 Å². The number of rotatable bonds is 4. The molecule has 0 aliphatic heterocycles. The Kier molecular flexibility index (Phi) is 3.65. The number of aromatic amines is 1. The molecule has 2 N–H and O–H groups in total. The molecule has 22 heavy (non-hydrogen) atoms. The molecule has 1 amide bonds. The molecule has 6 heteroatoms. The molecular formula is C16H14N2O4. The zero-order valence-corrected chi connectivity index (χ0v) is 11.9. The quantitative estimate of drug-likeness (QED) is 0.775. The van der Waals surface area contributed by atoms with Crippen LogP contribution in [0.5, 0.6) is 5.75 Å². The monoisotopic (exact) mass is 298 g/mol. The average Bonchev–Trinajstić information content (AvgIpc) is 2.88. The number of anilines is 1. The van der Waals surface area contributed by atoms with Crippen LogP contribution in [0.2, 0.25) is 0 Å². The van der Waals surface area contributed by atoms with Gasteiger partial charge in [-0.1, -0.05) is 12.1 Å². The van der Waals surface area contributed by atoms with Crippen LogP contribution in [-0.2, 0) is 0 Å². The Bertz CT molecular complexity index is 879. The number of benzene rings is 2. The number of nitrogens with one attached hydrogen (secondary N) is 2. The van der Waals surface area contributed by atoms with E-state index in [0.29, 0.717) is 34.7 Å². The largest absolute Gasteiger partial charge is 0.492 e. The first-order valence-corrected chi connectivity index (χ1v) is 6.83. The molecule has 112 valence electrons. The minimum absolute atomic E-state index is 0.307. The average molecular weight is 298 g/mol. The van der Waals surface area contributed by atoms with E-state index in [0.717, 1.165) is 0 Å². The van der Waals surface area contributed by atoms with E-state index in [1.165, 1.54) is 6.07 Å². The number of amides is 1. The number of oxazole rings is 1. The van der Waals surface area contributed by atoms with Crippen LogP contribution in [0.3, 0.4) is 0 Å². The number of ether oxygens (including phenoxy) is 1. The molecule has 1 heterocycles. The lowest BCUT2D eigenvalue weighted by atomic mass is 10.2. The van der Waals surface area contributed by atoms with E-state index in [2.05, 4.69) is 10.3 Å². The molecule has 2 aromatic carbocycles. The number of para-hydroxylation sites is 2. The minimum Gasteiger partial charge on any atom is -0.492 e. The Morgan fingerprint density at radius 2 is 2.09 bits per heavy atom. The molecule has 0 aliphatic rings. The van der Waals surface area contributed by atoms with Crippen molar-refractivity contribution in [2.45, 2.75) is 6.92 Å². The molecule has 1 aromatic heterocycles. The van der Waals surface area contributed by atoms with Crippen LogP contribution in [0.15, 0.2) is 51.7 Å². The third-order valence-electron chi connectivity index (χ3n) is 3.12. The van der Waals surface area contributed by atoms with Gasteiger partial charge in [0.25, 0.3) is 5.91 Å². The molecule has 0 saturated carbocycles. The molecule has 0 fully saturated rings. The van der Waals surface area contributed by atoms with Crippen molar-refractivity contribution in [2.24, 2.45) is 0 Å². The molecule has 0 bridgehead atoms. The van der Waals surface area contributed by atoms with Gasteiger partial charge in [0, 0.05) is 5.56 Å². The number of carbonyl (C=O) groups excluding carboxylic acids is 1. The summed E-state index contributed by atoms with van der Waals surface area (Å²) in [6.45, 7) is 2.38. The second kappa shape index (κ2) is 5.77. The van der Waals surface area contributed by atoms with Crippen LogP contribution in [0.4, 0.5) is 5.69 Å². The van der Waals surface area contributed by atoms with Gasteiger partial charge in [-0.15, -0.1) is 0 Å². The number of fused-ring (bicyclic) bond motifs is 1. The topological polar surface area (TPSA) is 84.3 Å². The van der Waals surface area contributed by atoms with E-state index in [-0.39, 0.29) is 5.91 Å². The van der Waals surface area contributed by atoms with Crippen LogP contribution in [0.1, 0.15) is 17.3 Å². The van der Waals surface area contributed by atoms with Crippen molar-refractivity contribution in [3.05, 3.63) is 58.6 Å². The fourth-order valence-electron chi connectivity index (χ4n) is 2.13. The SMILES string of the molecule is CCOc1ccccc1NC(=O)c1ccc2[nH]c(=O)oc2c1. The summed E-state index contributed by atoms with van der Waals surface area (Å²) in [6, 6.07) is 12.0. The lowest BCUT2D eigenvalue weighted by Gasteiger charge is -2.11. The van der Waals surface area contributed by atoms with Crippen molar-refractivity contribution in [1.82, 2.24) is 4.98 Å². The first-order chi connectivity index (χ1) is 10.7. The third-order valence-corrected chi connectivity index (χ3v) is 3.12. The summed E-state index contributed by atoms with van der Waals surface area (Å²) in [7, 11) is 0. The van der Waals surface area contributed by atoms with Gasteiger partial charge in [0.05, 0.1) is 17.8 Å². The Morgan fingerprint density at radius 1 is 1.27 bits per heavy atom. The molecule has 0 saturated heterocycles. The predicted octanol–water partition coefficient (Wildman–Crippen LogP) is 2.77. The zero-order valence-electron chi connectivity index (χ0n) is 11.9. The van der Waals surface area contributed by atoms with Gasteiger partial charge in [-0.25, -0.2) is 4.79 Å². The van der Waals surface area contributed by atoms with Crippen LogP contribution in [-0.4, -0.2) is 17.5 Å². The van der Waals surface area contributed by atoms with E-state index < -0.39 is 5.76 Å². The van der Waals surface area contributed by atoms with Crippen LogP contribution in [0.25, 0.3) is 11.1 Å². The van der Waals surface area contributed by atoms with Crippen molar-refractivity contribution in [1.29, 1.82) is 0 Å². The number of hydrogen-bond acceptors (Lipinski definition) is 4. The van der Waals surface area contributed by atoms with Gasteiger partial charge in [0.15, 0.2) is 5.58 Å². The summed E-state index contributed by atoms with van der Waals surface area (Å²) in [5, 5.41) is 2.79. The number of H-pyrrole nitrogens is 1. The molecule has 3 aromatic rings. The van der Waals surface area contributed by atoms with Crippen molar-refractivity contribution in [2.75, 3.05) is 11.9 Å². The third kappa shape index (κ3) is 2.71. The number of aromatic nitrogens is 1. The fourth-order valence-corrected chi connectivity index (χ4v) is 2.13. The van der Waals surface area contributed by atoms with Crippen LogP contribution < -0.4 is 15.8 Å². The van der Waals surface area contributed by atoms with Gasteiger partial charge in [-0.2, -0.15) is 0 Å². The normalized spacial score (nSPS) is 10.6. The maximum absolute atomic E-state index is 12.3.